The Hall–Kier alpha value is -3.22. The quantitative estimate of drug-likeness (QED) is 0.777. The highest BCUT2D eigenvalue weighted by atomic mass is 16.5. The van der Waals surface area contributed by atoms with Gasteiger partial charge in [0.25, 0.3) is 11.8 Å². The molecule has 1 aliphatic rings. The molecule has 1 fully saturated rings. The highest BCUT2D eigenvalue weighted by Gasteiger charge is 2.22. The van der Waals surface area contributed by atoms with E-state index in [9.17, 15) is 9.59 Å². The van der Waals surface area contributed by atoms with E-state index in [2.05, 4.69) is 5.32 Å². The lowest BCUT2D eigenvalue weighted by atomic mass is 10.1. The molecule has 1 heterocycles. The number of benzene rings is 2. The first-order valence-corrected chi connectivity index (χ1v) is 10.1. The Bertz CT molecular complexity index is 879. The van der Waals surface area contributed by atoms with Crippen molar-refractivity contribution in [1.29, 1.82) is 0 Å². The van der Waals surface area contributed by atoms with Gasteiger partial charge in [0.1, 0.15) is 0 Å². The van der Waals surface area contributed by atoms with E-state index >= 15 is 0 Å². The first kappa shape index (κ1) is 21.5. The van der Waals surface area contributed by atoms with Crippen LogP contribution in [0.2, 0.25) is 0 Å². The Kier molecular flexibility index (Phi) is 7.17. The average Bonchev–Trinajstić information content (AvgIpc) is 3.07. The van der Waals surface area contributed by atoms with E-state index in [1.165, 1.54) is 21.3 Å². The highest BCUT2D eigenvalue weighted by Crippen LogP contribution is 2.38. The van der Waals surface area contributed by atoms with Gasteiger partial charge in [-0.15, -0.1) is 0 Å². The van der Waals surface area contributed by atoms with Gasteiger partial charge in [-0.3, -0.25) is 9.59 Å². The number of nitrogens with one attached hydrogen (secondary N) is 1. The normalized spacial score (nSPS) is 13.9. The van der Waals surface area contributed by atoms with Gasteiger partial charge in [0, 0.05) is 18.7 Å². The van der Waals surface area contributed by atoms with Crippen molar-refractivity contribution in [2.75, 3.05) is 39.7 Å². The number of likely N-dealkylation sites (tertiary alicyclic amines) is 1. The number of nitrogens with zero attached hydrogens (tertiary/aromatic N) is 1. The minimum atomic E-state index is -0.370. The zero-order valence-corrected chi connectivity index (χ0v) is 17.7. The van der Waals surface area contributed by atoms with E-state index in [1.807, 2.05) is 4.90 Å². The lowest BCUT2D eigenvalue weighted by Crippen LogP contribution is -2.32. The van der Waals surface area contributed by atoms with Crippen LogP contribution in [0.5, 0.6) is 17.2 Å². The van der Waals surface area contributed by atoms with Gasteiger partial charge in [0.05, 0.1) is 32.6 Å². The third kappa shape index (κ3) is 4.67. The molecule has 7 heteroatoms. The molecule has 0 aliphatic carbocycles. The minimum Gasteiger partial charge on any atom is -0.493 e. The fourth-order valence-corrected chi connectivity index (χ4v) is 3.63. The number of carbonyl (C=O) groups excluding carboxylic acids is 2. The smallest absolute Gasteiger partial charge is 0.255 e. The summed E-state index contributed by atoms with van der Waals surface area (Å²) < 4.78 is 16.0. The Morgan fingerprint density at radius 3 is 2.03 bits per heavy atom. The standard InChI is InChI=1S/C23H28N2O5/c1-28-19-14-16(15-20(29-2)21(19)30-3)22(26)24-18-11-7-6-10-17(18)23(27)25-12-8-4-5-9-13-25/h6-7,10-11,14-15H,4-5,8-9,12-13H2,1-3H3,(H,24,26). The highest BCUT2D eigenvalue weighted by molar-refractivity contribution is 6.09. The van der Waals surface area contributed by atoms with E-state index in [4.69, 9.17) is 14.2 Å². The molecule has 1 saturated heterocycles. The number of hydrogen-bond acceptors (Lipinski definition) is 5. The van der Waals surface area contributed by atoms with Gasteiger partial charge < -0.3 is 24.4 Å². The summed E-state index contributed by atoms with van der Waals surface area (Å²) in [5, 5.41) is 2.86. The van der Waals surface area contributed by atoms with Crippen molar-refractivity contribution < 1.29 is 23.8 Å². The largest absolute Gasteiger partial charge is 0.493 e. The Balaban J connectivity index is 1.87. The van der Waals surface area contributed by atoms with Crippen LogP contribution in [-0.4, -0.2) is 51.1 Å². The molecule has 2 aromatic rings. The maximum atomic E-state index is 13.1. The van der Waals surface area contributed by atoms with Gasteiger partial charge in [-0.2, -0.15) is 0 Å². The van der Waals surface area contributed by atoms with Gasteiger partial charge in [0.2, 0.25) is 5.75 Å². The summed E-state index contributed by atoms with van der Waals surface area (Å²) in [6, 6.07) is 10.2. The summed E-state index contributed by atoms with van der Waals surface area (Å²) in [5.41, 5.74) is 1.30. The molecule has 0 radical (unpaired) electrons. The minimum absolute atomic E-state index is 0.0577. The first-order valence-electron chi connectivity index (χ1n) is 10.1. The Morgan fingerprint density at radius 1 is 0.867 bits per heavy atom. The zero-order chi connectivity index (χ0) is 21.5. The lowest BCUT2D eigenvalue weighted by Gasteiger charge is -2.22. The molecule has 0 bridgehead atoms. The molecule has 2 amide bonds. The third-order valence-corrected chi connectivity index (χ3v) is 5.23. The van der Waals surface area contributed by atoms with Crippen LogP contribution in [0.1, 0.15) is 46.4 Å². The van der Waals surface area contributed by atoms with E-state index in [1.54, 1.807) is 36.4 Å². The molecule has 2 aromatic carbocycles. The first-order chi connectivity index (χ1) is 14.6. The number of carbonyl (C=O) groups is 2. The van der Waals surface area contributed by atoms with Crippen LogP contribution < -0.4 is 19.5 Å². The molecule has 0 atom stereocenters. The fourth-order valence-electron chi connectivity index (χ4n) is 3.63. The zero-order valence-electron chi connectivity index (χ0n) is 17.7. The number of rotatable bonds is 6. The summed E-state index contributed by atoms with van der Waals surface area (Å²) in [7, 11) is 4.49. The number of methoxy groups -OCH3 is 3. The van der Waals surface area contributed by atoms with Crippen LogP contribution in [0, 0.1) is 0 Å². The predicted octanol–water partition coefficient (Wildman–Crippen LogP) is 3.98. The van der Waals surface area contributed by atoms with Crippen molar-refractivity contribution >= 4 is 17.5 Å². The van der Waals surface area contributed by atoms with Crippen molar-refractivity contribution in [1.82, 2.24) is 4.90 Å². The molecular formula is C23H28N2O5. The molecule has 0 saturated carbocycles. The molecule has 0 spiro atoms. The molecular weight excluding hydrogens is 384 g/mol. The average molecular weight is 412 g/mol. The molecule has 7 nitrogen and oxygen atoms in total. The molecule has 0 aromatic heterocycles. The number of anilines is 1. The van der Waals surface area contributed by atoms with Gasteiger partial charge in [-0.05, 0) is 37.1 Å². The molecule has 160 valence electrons. The van der Waals surface area contributed by atoms with Gasteiger partial charge in [0.15, 0.2) is 11.5 Å². The number of para-hydroxylation sites is 1. The Morgan fingerprint density at radius 2 is 1.47 bits per heavy atom. The molecule has 1 aliphatic heterocycles. The second kappa shape index (κ2) is 10.0. The summed E-state index contributed by atoms with van der Waals surface area (Å²) in [5.74, 6) is 0.753. The fraction of sp³-hybridized carbons (Fsp3) is 0.391. The predicted molar refractivity (Wildman–Crippen MR) is 115 cm³/mol. The summed E-state index contributed by atoms with van der Waals surface area (Å²) in [6.07, 6.45) is 4.30. The van der Waals surface area contributed by atoms with Crippen LogP contribution >= 0.6 is 0 Å². The van der Waals surface area contributed by atoms with E-state index < -0.39 is 0 Å². The van der Waals surface area contributed by atoms with Crippen LogP contribution in [0.15, 0.2) is 36.4 Å². The maximum absolute atomic E-state index is 13.1. The number of ether oxygens (including phenoxy) is 3. The second-order valence-corrected chi connectivity index (χ2v) is 7.12. The van der Waals surface area contributed by atoms with Crippen molar-refractivity contribution in [2.45, 2.75) is 25.7 Å². The SMILES string of the molecule is COc1cc(C(=O)Nc2ccccc2C(=O)N2CCCCCC2)cc(OC)c1OC. The summed E-state index contributed by atoms with van der Waals surface area (Å²) in [6.45, 7) is 1.49. The third-order valence-electron chi connectivity index (χ3n) is 5.23. The maximum Gasteiger partial charge on any atom is 0.255 e. The van der Waals surface area contributed by atoms with Crippen molar-refractivity contribution in [2.24, 2.45) is 0 Å². The molecule has 30 heavy (non-hydrogen) atoms. The van der Waals surface area contributed by atoms with Crippen LogP contribution in [0.4, 0.5) is 5.69 Å². The van der Waals surface area contributed by atoms with Crippen LogP contribution in [0.3, 0.4) is 0 Å². The topological polar surface area (TPSA) is 77.1 Å². The van der Waals surface area contributed by atoms with Crippen molar-refractivity contribution in [3.8, 4) is 17.2 Å². The molecule has 3 rings (SSSR count). The second-order valence-electron chi connectivity index (χ2n) is 7.12. The Labute approximate surface area is 176 Å². The van der Waals surface area contributed by atoms with Crippen molar-refractivity contribution in [3.63, 3.8) is 0 Å². The van der Waals surface area contributed by atoms with Crippen molar-refractivity contribution in [3.05, 3.63) is 47.5 Å². The van der Waals surface area contributed by atoms with E-state index in [-0.39, 0.29) is 11.8 Å². The number of amides is 2. The monoisotopic (exact) mass is 412 g/mol. The summed E-state index contributed by atoms with van der Waals surface area (Å²) >= 11 is 0. The van der Waals surface area contributed by atoms with Gasteiger partial charge in [-0.25, -0.2) is 0 Å². The van der Waals surface area contributed by atoms with E-state index in [0.29, 0.717) is 34.1 Å². The molecule has 0 unspecified atom stereocenters. The van der Waals surface area contributed by atoms with E-state index in [0.717, 1.165) is 38.8 Å². The summed E-state index contributed by atoms with van der Waals surface area (Å²) in [4.78, 5) is 27.9. The van der Waals surface area contributed by atoms with Gasteiger partial charge >= 0.3 is 0 Å². The number of hydrogen-bond donors (Lipinski definition) is 1. The molecule has 1 N–H and O–H groups in total. The van der Waals surface area contributed by atoms with Crippen LogP contribution in [-0.2, 0) is 0 Å². The lowest BCUT2D eigenvalue weighted by molar-refractivity contribution is 0.0762. The van der Waals surface area contributed by atoms with Gasteiger partial charge in [-0.1, -0.05) is 25.0 Å². The van der Waals surface area contributed by atoms with Crippen LogP contribution in [0.25, 0.3) is 0 Å².